The number of nitrogens with one attached hydrogen (secondary N) is 1. The fourth-order valence-corrected chi connectivity index (χ4v) is 2.06. The molecule has 4 nitrogen and oxygen atoms in total. The van der Waals surface area contributed by atoms with Gasteiger partial charge in [-0.05, 0) is 6.42 Å². The number of hydrogen-bond donors (Lipinski definition) is 3. The third-order valence-electron chi connectivity index (χ3n) is 2.90. The van der Waals surface area contributed by atoms with Crippen molar-refractivity contribution >= 4 is 5.97 Å². The number of carbonyl (C=O) groups is 1. The molecule has 1 heterocycles. The van der Waals surface area contributed by atoms with Crippen molar-refractivity contribution < 1.29 is 23.8 Å². The van der Waals surface area contributed by atoms with Gasteiger partial charge >= 0.3 is 5.97 Å². The van der Waals surface area contributed by atoms with Crippen LogP contribution in [0.3, 0.4) is 0 Å². The Morgan fingerprint density at radius 3 is 2.65 bits per heavy atom. The molecule has 1 fully saturated rings. The van der Waals surface area contributed by atoms with Crippen LogP contribution in [0.1, 0.15) is 18.0 Å². The number of hydrogen-bond acceptors (Lipinski definition) is 3. The quantitative estimate of drug-likeness (QED) is 0.734. The van der Waals surface area contributed by atoms with Gasteiger partial charge in [0.15, 0.2) is 0 Å². The maximum atomic E-state index is 13.5. The molecule has 0 saturated carbocycles. The first kappa shape index (κ1) is 11.8. The van der Waals surface area contributed by atoms with E-state index in [0.29, 0.717) is 6.07 Å². The number of carboxylic acid groups (broad SMARTS) is 1. The van der Waals surface area contributed by atoms with Crippen molar-refractivity contribution in [2.75, 3.05) is 6.54 Å². The van der Waals surface area contributed by atoms with E-state index >= 15 is 0 Å². The molecule has 0 radical (unpaired) electrons. The van der Waals surface area contributed by atoms with Crippen LogP contribution in [-0.2, 0) is 4.79 Å². The van der Waals surface area contributed by atoms with E-state index in [1.807, 2.05) is 0 Å². The van der Waals surface area contributed by atoms with Gasteiger partial charge in [-0.3, -0.25) is 4.79 Å². The standard InChI is InChI=1S/C11H11F2NO3/c12-6-2-7(13)10(9(15)3-6)8-1-5(4-14-8)11(16)17/h2-3,5,8,14-15H,1,4H2,(H,16,17). The molecule has 2 atom stereocenters. The number of aliphatic carboxylic acids is 1. The summed E-state index contributed by atoms with van der Waals surface area (Å²) in [6, 6.07) is 0.885. The van der Waals surface area contributed by atoms with Gasteiger partial charge in [-0.15, -0.1) is 0 Å². The number of aromatic hydroxyl groups is 1. The van der Waals surface area contributed by atoms with Crippen molar-refractivity contribution in [3.8, 4) is 5.75 Å². The molecular weight excluding hydrogens is 232 g/mol. The van der Waals surface area contributed by atoms with Gasteiger partial charge < -0.3 is 15.5 Å². The van der Waals surface area contributed by atoms with Gasteiger partial charge in [0.25, 0.3) is 0 Å². The summed E-state index contributed by atoms with van der Waals surface area (Å²) < 4.78 is 26.3. The molecule has 0 aliphatic carbocycles. The van der Waals surface area contributed by atoms with Gasteiger partial charge in [0.2, 0.25) is 0 Å². The zero-order chi connectivity index (χ0) is 12.6. The molecule has 6 heteroatoms. The third-order valence-corrected chi connectivity index (χ3v) is 2.90. The molecule has 0 amide bonds. The van der Waals surface area contributed by atoms with Gasteiger partial charge in [-0.2, -0.15) is 0 Å². The lowest BCUT2D eigenvalue weighted by Crippen LogP contribution is -2.17. The molecule has 2 unspecified atom stereocenters. The largest absolute Gasteiger partial charge is 0.507 e. The minimum atomic E-state index is -0.970. The number of rotatable bonds is 2. The SMILES string of the molecule is O=C(O)C1CNC(c2c(O)cc(F)cc2F)C1. The van der Waals surface area contributed by atoms with Crippen LogP contribution in [0.2, 0.25) is 0 Å². The van der Waals surface area contributed by atoms with Crippen LogP contribution in [0.4, 0.5) is 8.78 Å². The molecule has 3 N–H and O–H groups in total. The first-order valence-electron chi connectivity index (χ1n) is 5.13. The molecule has 2 rings (SSSR count). The van der Waals surface area contributed by atoms with E-state index in [4.69, 9.17) is 5.11 Å². The van der Waals surface area contributed by atoms with Crippen molar-refractivity contribution in [2.45, 2.75) is 12.5 Å². The zero-order valence-corrected chi connectivity index (χ0v) is 8.78. The number of phenolic OH excluding ortho intramolecular Hbond substituents is 1. The number of halogens is 2. The van der Waals surface area contributed by atoms with Crippen LogP contribution in [0, 0.1) is 17.6 Å². The summed E-state index contributed by atoms with van der Waals surface area (Å²) in [5.41, 5.74) is -0.0739. The van der Waals surface area contributed by atoms with Crippen molar-refractivity contribution in [1.29, 1.82) is 0 Å². The van der Waals surface area contributed by atoms with E-state index in [2.05, 4.69) is 5.32 Å². The molecule has 1 aromatic rings. The van der Waals surface area contributed by atoms with Gasteiger partial charge in [0, 0.05) is 30.3 Å². The van der Waals surface area contributed by atoms with Crippen LogP contribution in [0.5, 0.6) is 5.75 Å². The van der Waals surface area contributed by atoms with Crippen LogP contribution in [0.25, 0.3) is 0 Å². The predicted octanol–water partition coefficient (Wildman–Crippen LogP) is 1.41. The lowest BCUT2D eigenvalue weighted by molar-refractivity contribution is -0.141. The van der Waals surface area contributed by atoms with Crippen LogP contribution in [0.15, 0.2) is 12.1 Å². The summed E-state index contributed by atoms with van der Waals surface area (Å²) in [5, 5.41) is 21.1. The maximum Gasteiger partial charge on any atom is 0.307 e. The predicted molar refractivity (Wildman–Crippen MR) is 54.5 cm³/mol. The summed E-state index contributed by atoms with van der Waals surface area (Å²) in [5.74, 6) is -3.82. The lowest BCUT2D eigenvalue weighted by atomic mass is 9.99. The first-order valence-corrected chi connectivity index (χ1v) is 5.13. The molecule has 0 bridgehead atoms. The van der Waals surface area contributed by atoms with Crippen molar-refractivity contribution in [2.24, 2.45) is 5.92 Å². The summed E-state index contributed by atoms with van der Waals surface area (Å²) in [4.78, 5) is 10.7. The molecule has 92 valence electrons. The van der Waals surface area contributed by atoms with Gasteiger partial charge in [-0.1, -0.05) is 0 Å². The Kier molecular flexibility index (Phi) is 2.97. The highest BCUT2D eigenvalue weighted by atomic mass is 19.1. The van der Waals surface area contributed by atoms with Crippen molar-refractivity contribution in [3.63, 3.8) is 0 Å². The second-order valence-corrected chi connectivity index (χ2v) is 4.05. The van der Waals surface area contributed by atoms with Crippen LogP contribution < -0.4 is 5.32 Å². The molecular formula is C11H11F2NO3. The highest BCUT2D eigenvalue weighted by Crippen LogP contribution is 2.35. The molecule has 0 aromatic heterocycles. The van der Waals surface area contributed by atoms with Gasteiger partial charge in [-0.25, -0.2) is 8.78 Å². The molecule has 0 spiro atoms. The van der Waals surface area contributed by atoms with E-state index in [-0.39, 0.29) is 18.5 Å². The second kappa shape index (κ2) is 4.29. The Hall–Kier alpha value is -1.69. The van der Waals surface area contributed by atoms with Gasteiger partial charge in [0.1, 0.15) is 17.4 Å². The second-order valence-electron chi connectivity index (χ2n) is 4.05. The average Bonchev–Trinajstić information content (AvgIpc) is 2.65. The molecule has 1 aromatic carbocycles. The van der Waals surface area contributed by atoms with E-state index in [0.717, 1.165) is 6.07 Å². The molecule has 17 heavy (non-hydrogen) atoms. The summed E-state index contributed by atoms with van der Waals surface area (Å²) in [6.45, 7) is 0.205. The normalized spacial score (nSPS) is 23.9. The highest BCUT2D eigenvalue weighted by Gasteiger charge is 2.33. The topological polar surface area (TPSA) is 69.6 Å². The molecule has 1 aliphatic rings. The van der Waals surface area contributed by atoms with E-state index in [1.54, 1.807) is 0 Å². The highest BCUT2D eigenvalue weighted by molar-refractivity contribution is 5.71. The van der Waals surface area contributed by atoms with Crippen molar-refractivity contribution in [1.82, 2.24) is 5.32 Å². The fraction of sp³-hybridized carbons (Fsp3) is 0.364. The van der Waals surface area contributed by atoms with Crippen molar-refractivity contribution in [3.05, 3.63) is 29.3 Å². The Bertz CT molecular complexity index is 441. The third kappa shape index (κ3) is 2.21. The lowest BCUT2D eigenvalue weighted by Gasteiger charge is -2.13. The zero-order valence-electron chi connectivity index (χ0n) is 8.78. The number of carboxylic acids is 1. The molecule has 1 aliphatic heterocycles. The van der Waals surface area contributed by atoms with Crippen LogP contribution >= 0.6 is 0 Å². The minimum Gasteiger partial charge on any atom is -0.507 e. The Morgan fingerprint density at radius 2 is 2.12 bits per heavy atom. The summed E-state index contributed by atoms with van der Waals surface area (Å²) in [6.07, 6.45) is 0.172. The Labute approximate surface area is 95.9 Å². The first-order chi connectivity index (χ1) is 7.99. The maximum absolute atomic E-state index is 13.5. The van der Waals surface area contributed by atoms with E-state index in [1.165, 1.54) is 0 Å². The van der Waals surface area contributed by atoms with Gasteiger partial charge in [0.05, 0.1) is 5.92 Å². The summed E-state index contributed by atoms with van der Waals surface area (Å²) in [7, 11) is 0. The monoisotopic (exact) mass is 243 g/mol. The smallest absolute Gasteiger partial charge is 0.307 e. The van der Waals surface area contributed by atoms with Crippen LogP contribution in [-0.4, -0.2) is 22.7 Å². The average molecular weight is 243 g/mol. The Balaban J connectivity index is 2.27. The number of benzene rings is 1. The summed E-state index contributed by atoms with van der Waals surface area (Å²) >= 11 is 0. The molecule has 1 saturated heterocycles. The minimum absolute atomic E-state index is 0.0739. The Morgan fingerprint density at radius 1 is 1.41 bits per heavy atom. The fourth-order valence-electron chi connectivity index (χ4n) is 2.06. The number of phenols is 1. The van der Waals surface area contributed by atoms with E-state index < -0.39 is 35.3 Å². The van der Waals surface area contributed by atoms with E-state index in [9.17, 15) is 18.7 Å².